The smallest absolute Gasteiger partial charge is 0.237 e. The number of hydrogen-bond acceptors (Lipinski definition) is 4. The maximum Gasteiger partial charge on any atom is 0.237 e. The van der Waals surface area contributed by atoms with E-state index in [0.717, 1.165) is 0 Å². The van der Waals surface area contributed by atoms with E-state index in [9.17, 15) is 9.18 Å². The molecule has 2 aromatic rings. The van der Waals surface area contributed by atoms with Crippen molar-refractivity contribution in [3.05, 3.63) is 52.9 Å². The molecule has 0 saturated carbocycles. The second kappa shape index (κ2) is 7.25. The van der Waals surface area contributed by atoms with Gasteiger partial charge in [0.15, 0.2) is 0 Å². The van der Waals surface area contributed by atoms with Crippen LogP contribution in [0.15, 0.2) is 41.6 Å². The standard InChI is InChI=1S/C15H11ClFN3OS/c1-9(22-14-6-10(8-18)4-5-19-14)15(21)20-13-7-11(16)2-3-12(13)17/h2-7,9H,1H3,(H,20,21)/t9-/m1/s1. The molecule has 0 spiro atoms. The largest absolute Gasteiger partial charge is 0.323 e. The monoisotopic (exact) mass is 335 g/mol. The highest BCUT2D eigenvalue weighted by atomic mass is 35.5. The first-order valence-electron chi connectivity index (χ1n) is 6.28. The van der Waals surface area contributed by atoms with Crippen LogP contribution < -0.4 is 5.32 Å². The molecule has 112 valence electrons. The molecular formula is C15H11ClFN3OS. The van der Waals surface area contributed by atoms with E-state index >= 15 is 0 Å². The molecule has 0 aliphatic heterocycles. The predicted molar refractivity (Wildman–Crippen MR) is 84.3 cm³/mol. The van der Waals surface area contributed by atoms with Crippen LogP contribution in [-0.2, 0) is 4.79 Å². The average Bonchev–Trinajstić information content (AvgIpc) is 2.51. The summed E-state index contributed by atoms with van der Waals surface area (Å²) in [5.74, 6) is -0.935. The number of anilines is 1. The Labute approximate surface area is 136 Å². The lowest BCUT2D eigenvalue weighted by Crippen LogP contribution is -2.23. The van der Waals surface area contributed by atoms with Crippen LogP contribution in [0.2, 0.25) is 5.02 Å². The topological polar surface area (TPSA) is 65.8 Å². The first kappa shape index (κ1) is 16.3. The molecule has 1 aromatic heterocycles. The zero-order valence-electron chi connectivity index (χ0n) is 11.5. The maximum absolute atomic E-state index is 13.6. The highest BCUT2D eigenvalue weighted by Crippen LogP contribution is 2.24. The highest BCUT2D eigenvalue weighted by Gasteiger charge is 2.17. The van der Waals surface area contributed by atoms with Gasteiger partial charge in [-0.2, -0.15) is 5.26 Å². The van der Waals surface area contributed by atoms with Crippen molar-refractivity contribution in [2.75, 3.05) is 5.32 Å². The lowest BCUT2D eigenvalue weighted by molar-refractivity contribution is -0.115. The van der Waals surface area contributed by atoms with E-state index in [1.807, 2.05) is 6.07 Å². The number of pyridine rings is 1. The van der Waals surface area contributed by atoms with E-state index in [4.69, 9.17) is 16.9 Å². The van der Waals surface area contributed by atoms with Gasteiger partial charge in [0, 0.05) is 11.2 Å². The number of thioether (sulfide) groups is 1. The molecule has 0 aliphatic rings. The molecule has 1 aromatic carbocycles. The van der Waals surface area contributed by atoms with Crippen LogP contribution >= 0.6 is 23.4 Å². The number of carbonyl (C=O) groups is 1. The first-order valence-corrected chi connectivity index (χ1v) is 7.54. The molecule has 1 N–H and O–H groups in total. The van der Waals surface area contributed by atoms with Crippen LogP contribution in [0.1, 0.15) is 12.5 Å². The summed E-state index contributed by atoms with van der Waals surface area (Å²) in [4.78, 5) is 16.2. The molecule has 0 aliphatic carbocycles. The Bertz CT molecular complexity index is 748. The van der Waals surface area contributed by atoms with E-state index in [1.54, 1.807) is 19.1 Å². The van der Waals surface area contributed by atoms with Crippen molar-refractivity contribution in [2.45, 2.75) is 17.2 Å². The normalized spacial score (nSPS) is 11.5. The summed E-state index contributed by atoms with van der Waals surface area (Å²) in [5, 5.41) is 11.7. The van der Waals surface area contributed by atoms with Crippen LogP contribution in [0.25, 0.3) is 0 Å². The summed E-state index contributed by atoms with van der Waals surface area (Å²) in [5.41, 5.74) is 0.495. The number of hydrogen-bond donors (Lipinski definition) is 1. The summed E-state index contributed by atoms with van der Waals surface area (Å²) >= 11 is 6.96. The molecule has 0 unspecified atom stereocenters. The van der Waals surface area contributed by atoms with Gasteiger partial charge in [-0.15, -0.1) is 0 Å². The third-order valence-corrected chi connectivity index (χ3v) is 3.98. The molecular weight excluding hydrogens is 325 g/mol. The van der Waals surface area contributed by atoms with Gasteiger partial charge in [-0.25, -0.2) is 9.37 Å². The molecule has 1 amide bonds. The molecule has 1 heterocycles. The molecule has 1 atom stereocenters. The van der Waals surface area contributed by atoms with Crippen LogP contribution in [0, 0.1) is 17.1 Å². The maximum atomic E-state index is 13.6. The van der Waals surface area contributed by atoms with Gasteiger partial charge in [-0.3, -0.25) is 4.79 Å². The van der Waals surface area contributed by atoms with Gasteiger partial charge in [-0.05, 0) is 37.3 Å². The third kappa shape index (κ3) is 4.20. The van der Waals surface area contributed by atoms with Gasteiger partial charge >= 0.3 is 0 Å². The number of rotatable bonds is 4. The number of carbonyl (C=O) groups excluding carboxylic acids is 1. The Kier molecular flexibility index (Phi) is 5.36. The second-order valence-electron chi connectivity index (χ2n) is 4.37. The van der Waals surface area contributed by atoms with E-state index < -0.39 is 11.1 Å². The second-order valence-corrected chi connectivity index (χ2v) is 6.17. The number of nitriles is 1. The van der Waals surface area contributed by atoms with Crippen molar-refractivity contribution >= 4 is 35.0 Å². The van der Waals surface area contributed by atoms with Crippen molar-refractivity contribution in [1.29, 1.82) is 5.26 Å². The van der Waals surface area contributed by atoms with Crippen LogP contribution in [0.4, 0.5) is 10.1 Å². The lowest BCUT2D eigenvalue weighted by atomic mass is 10.3. The minimum atomic E-state index is -0.556. The molecule has 0 saturated heterocycles. The van der Waals surface area contributed by atoms with Crippen molar-refractivity contribution in [1.82, 2.24) is 4.98 Å². The highest BCUT2D eigenvalue weighted by molar-refractivity contribution is 8.00. The van der Waals surface area contributed by atoms with Gasteiger partial charge < -0.3 is 5.32 Å². The molecule has 22 heavy (non-hydrogen) atoms. The summed E-state index contributed by atoms with van der Waals surface area (Å²) in [7, 11) is 0. The Morgan fingerprint density at radius 2 is 2.23 bits per heavy atom. The van der Waals surface area contributed by atoms with Gasteiger partial charge in [0.1, 0.15) is 5.82 Å². The molecule has 0 radical (unpaired) electrons. The molecule has 7 heteroatoms. The summed E-state index contributed by atoms with van der Waals surface area (Å²) in [6.45, 7) is 1.67. The summed E-state index contributed by atoms with van der Waals surface area (Å²) < 4.78 is 13.6. The first-order chi connectivity index (χ1) is 10.5. The Balaban J connectivity index is 2.06. The van der Waals surface area contributed by atoms with Crippen LogP contribution in [0.3, 0.4) is 0 Å². The fourth-order valence-corrected chi connectivity index (χ4v) is 2.62. The molecule has 0 bridgehead atoms. The summed E-state index contributed by atoms with van der Waals surface area (Å²) in [6, 6.07) is 9.12. The predicted octanol–water partition coefficient (Wildman–Crippen LogP) is 3.87. The number of nitrogens with zero attached hydrogens (tertiary/aromatic N) is 2. The quantitative estimate of drug-likeness (QED) is 0.861. The number of benzene rings is 1. The fourth-order valence-electron chi connectivity index (χ4n) is 1.61. The minimum Gasteiger partial charge on any atom is -0.323 e. The molecule has 0 fully saturated rings. The van der Waals surface area contributed by atoms with E-state index in [1.165, 1.54) is 36.2 Å². The molecule has 4 nitrogen and oxygen atoms in total. The molecule has 2 rings (SSSR count). The number of aromatic nitrogens is 1. The van der Waals surface area contributed by atoms with Crippen molar-refractivity contribution < 1.29 is 9.18 Å². The third-order valence-electron chi connectivity index (χ3n) is 2.72. The van der Waals surface area contributed by atoms with Crippen molar-refractivity contribution in [3.63, 3.8) is 0 Å². The lowest BCUT2D eigenvalue weighted by Gasteiger charge is -2.12. The van der Waals surface area contributed by atoms with Crippen molar-refractivity contribution in [3.8, 4) is 6.07 Å². The SMILES string of the molecule is C[C@@H](Sc1cc(C#N)ccn1)C(=O)Nc1cc(Cl)ccc1F. The Morgan fingerprint density at radius 3 is 2.95 bits per heavy atom. The Morgan fingerprint density at radius 1 is 1.45 bits per heavy atom. The van der Waals surface area contributed by atoms with Gasteiger partial charge in [-0.1, -0.05) is 23.4 Å². The van der Waals surface area contributed by atoms with Crippen LogP contribution in [-0.4, -0.2) is 16.1 Å². The van der Waals surface area contributed by atoms with Gasteiger partial charge in [0.05, 0.1) is 27.6 Å². The Hall–Kier alpha value is -2.10. The van der Waals surface area contributed by atoms with E-state index in [0.29, 0.717) is 15.6 Å². The number of nitrogens with one attached hydrogen (secondary N) is 1. The number of halogens is 2. The van der Waals surface area contributed by atoms with Gasteiger partial charge in [0.25, 0.3) is 0 Å². The van der Waals surface area contributed by atoms with E-state index in [2.05, 4.69) is 10.3 Å². The zero-order valence-corrected chi connectivity index (χ0v) is 13.1. The van der Waals surface area contributed by atoms with Crippen LogP contribution in [0.5, 0.6) is 0 Å². The summed E-state index contributed by atoms with van der Waals surface area (Å²) in [6.07, 6.45) is 1.50. The van der Waals surface area contributed by atoms with E-state index in [-0.39, 0.29) is 11.6 Å². The van der Waals surface area contributed by atoms with Crippen molar-refractivity contribution in [2.24, 2.45) is 0 Å². The van der Waals surface area contributed by atoms with Gasteiger partial charge in [0.2, 0.25) is 5.91 Å². The number of amides is 1. The fraction of sp³-hybridized carbons (Fsp3) is 0.133. The zero-order chi connectivity index (χ0) is 16.1. The minimum absolute atomic E-state index is 0.0312. The average molecular weight is 336 g/mol.